The lowest BCUT2D eigenvalue weighted by molar-refractivity contribution is -0.135. The van der Waals surface area contributed by atoms with Gasteiger partial charge in [0, 0.05) is 12.5 Å². The van der Waals surface area contributed by atoms with E-state index in [0.29, 0.717) is 12.3 Å². The highest BCUT2D eigenvalue weighted by molar-refractivity contribution is 4.79. The first kappa shape index (κ1) is 14.8. The van der Waals surface area contributed by atoms with Crippen LogP contribution >= 0.6 is 0 Å². The van der Waals surface area contributed by atoms with Gasteiger partial charge in [-0.3, -0.25) is 0 Å². The van der Waals surface area contributed by atoms with Gasteiger partial charge in [0.25, 0.3) is 0 Å². The van der Waals surface area contributed by atoms with Crippen molar-refractivity contribution < 1.29 is 13.2 Å². The Bertz CT molecular complexity index is 207. The van der Waals surface area contributed by atoms with Crippen molar-refractivity contribution in [3.8, 4) is 0 Å². The molecule has 1 unspecified atom stereocenters. The van der Waals surface area contributed by atoms with E-state index < -0.39 is 12.6 Å². The standard InChI is InChI=1S/C13H24F3N/c1-2-10-5-7-11(8-6-10)12(17)4-3-9-13(14,15)16/h10-12H,2-9,17H2,1H3. The lowest BCUT2D eigenvalue weighted by atomic mass is 9.77. The summed E-state index contributed by atoms with van der Waals surface area (Å²) in [5.41, 5.74) is 6.00. The van der Waals surface area contributed by atoms with Crippen molar-refractivity contribution >= 4 is 0 Å². The van der Waals surface area contributed by atoms with Crippen molar-refractivity contribution in [1.29, 1.82) is 0 Å². The molecule has 1 fully saturated rings. The Labute approximate surface area is 102 Å². The Balaban J connectivity index is 2.18. The van der Waals surface area contributed by atoms with Crippen LogP contribution in [0.4, 0.5) is 13.2 Å². The average Bonchev–Trinajstić information content (AvgIpc) is 2.27. The molecule has 0 aliphatic heterocycles. The van der Waals surface area contributed by atoms with Crippen LogP contribution in [0.15, 0.2) is 0 Å². The molecule has 4 heteroatoms. The second kappa shape index (κ2) is 6.62. The summed E-state index contributed by atoms with van der Waals surface area (Å²) in [6.07, 6.45) is 1.81. The van der Waals surface area contributed by atoms with Gasteiger partial charge >= 0.3 is 6.18 Å². The zero-order valence-corrected chi connectivity index (χ0v) is 10.6. The van der Waals surface area contributed by atoms with E-state index in [1.807, 2.05) is 0 Å². The molecule has 1 atom stereocenters. The van der Waals surface area contributed by atoms with Crippen LogP contribution in [-0.4, -0.2) is 12.2 Å². The minimum absolute atomic E-state index is 0.0323. The van der Waals surface area contributed by atoms with Crippen LogP contribution in [-0.2, 0) is 0 Å². The summed E-state index contributed by atoms with van der Waals surface area (Å²) in [7, 11) is 0. The van der Waals surface area contributed by atoms with Crippen molar-refractivity contribution in [3.05, 3.63) is 0 Å². The van der Waals surface area contributed by atoms with Crippen molar-refractivity contribution in [1.82, 2.24) is 0 Å². The molecule has 0 aromatic rings. The number of nitrogens with two attached hydrogens (primary N) is 1. The van der Waals surface area contributed by atoms with Gasteiger partial charge < -0.3 is 5.73 Å². The predicted octanol–water partition coefficient (Wildman–Crippen LogP) is 4.26. The molecule has 1 aliphatic rings. The van der Waals surface area contributed by atoms with E-state index in [1.54, 1.807) is 0 Å². The van der Waals surface area contributed by atoms with Crippen molar-refractivity contribution in [2.75, 3.05) is 0 Å². The molecule has 1 rings (SSSR count). The molecule has 0 amide bonds. The molecule has 102 valence electrons. The summed E-state index contributed by atoms with van der Waals surface area (Å²) in [5.74, 6) is 1.26. The second-order valence-electron chi connectivity index (χ2n) is 5.36. The number of hydrogen-bond acceptors (Lipinski definition) is 1. The molecule has 2 N–H and O–H groups in total. The van der Waals surface area contributed by atoms with Crippen LogP contribution in [0.25, 0.3) is 0 Å². The Morgan fingerprint density at radius 1 is 1.18 bits per heavy atom. The van der Waals surface area contributed by atoms with Crippen LogP contribution in [0.2, 0.25) is 0 Å². The molecule has 1 aliphatic carbocycles. The Hall–Kier alpha value is -0.250. The first-order chi connectivity index (χ1) is 7.92. The molecule has 0 aromatic heterocycles. The first-order valence-electron chi connectivity index (χ1n) is 6.74. The van der Waals surface area contributed by atoms with Gasteiger partial charge in [-0.2, -0.15) is 13.2 Å². The Morgan fingerprint density at radius 2 is 1.76 bits per heavy atom. The zero-order valence-electron chi connectivity index (χ0n) is 10.6. The van der Waals surface area contributed by atoms with E-state index in [1.165, 1.54) is 19.3 Å². The molecular weight excluding hydrogens is 227 g/mol. The predicted molar refractivity (Wildman–Crippen MR) is 63.6 cm³/mol. The average molecular weight is 251 g/mol. The molecule has 0 aromatic carbocycles. The fourth-order valence-corrected chi connectivity index (χ4v) is 2.80. The van der Waals surface area contributed by atoms with Crippen molar-refractivity contribution in [3.63, 3.8) is 0 Å². The van der Waals surface area contributed by atoms with E-state index in [0.717, 1.165) is 18.8 Å². The number of rotatable bonds is 5. The highest BCUT2D eigenvalue weighted by Crippen LogP contribution is 2.33. The summed E-state index contributed by atoms with van der Waals surface area (Å²) in [5, 5.41) is 0. The minimum atomic E-state index is -4.03. The number of alkyl halides is 3. The molecule has 0 bridgehead atoms. The lowest BCUT2D eigenvalue weighted by Gasteiger charge is -2.31. The zero-order chi connectivity index (χ0) is 12.9. The van der Waals surface area contributed by atoms with Gasteiger partial charge in [0.1, 0.15) is 0 Å². The summed E-state index contributed by atoms with van der Waals surface area (Å²) in [4.78, 5) is 0. The largest absolute Gasteiger partial charge is 0.389 e. The normalized spacial score (nSPS) is 28.1. The molecule has 1 nitrogen and oxygen atoms in total. The fourth-order valence-electron chi connectivity index (χ4n) is 2.80. The van der Waals surface area contributed by atoms with Gasteiger partial charge in [-0.05, 0) is 37.5 Å². The van der Waals surface area contributed by atoms with E-state index in [2.05, 4.69) is 6.92 Å². The third-order valence-electron chi connectivity index (χ3n) is 4.07. The van der Waals surface area contributed by atoms with E-state index in [9.17, 15) is 13.2 Å². The van der Waals surface area contributed by atoms with Gasteiger partial charge in [-0.15, -0.1) is 0 Å². The molecule has 0 heterocycles. The van der Waals surface area contributed by atoms with Crippen LogP contribution in [0.5, 0.6) is 0 Å². The summed E-state index contributed by atoms with van der Waals surface area (Å²) >= 11 is 0. The van der Waals surface area contributed by atoms with Crippen molar-refractivity contribution in [2.24, 2.45) is 17.6 Å². The third kappa shape index (κ3) is 5.75. The Morgan fingerprint density at radius 3 is 2.24 bits per heavy atom. The summed E-state index contributed by atoms with van der Waals surface area (Å²) in [6, 6.07) is -0.0323. The van der Waals surface area contributed by atoms with Crippen LogP contribution in [0, 0.1) is 11.8 Å². The number of hydrogen-bond donors (Lipinski definition) is 1. The maximum absolute atomic E-state index is 12.0. The molecular formula is C13H24F3N. The quantitative estimate of drug-likeness (QED) is 0.776. The smallest absolute Gasteiger partial charge is 0.327 e. The fraction of sp³-hybridized carbons (Fsp3) is 1.00. The van der Waals surface area contributed by atoms with Gasteiger partial charge in [0.15, 0.2) is 0 Å². The van der Waals surface area contributed by atoms with Gasteiger partial charge in [0.05, 0.1) is 0 Å². The van der Waals surface area contributed by atoms with Gasteiger partial charge in [-0.25, -0.2) is 0 Å². The lowest BCUT2D eigenvalue weighted by Crippen LogP contribution is -2.33. The van der Waals surface area contributed by atoms with E-state index in [4.69, 9.17) is 5.73 Å². The maximum atomic E-state index is 12.0. The molecule has 0 radical (unpaired) electrons. The second-order valence-corrected chi connectivity index (χ2v) is 5.36. The van der Waals surface area contributed by atoms with Crippen molar-refractivity contribution in [2.45, 2.75) is 70.5 Å². The van der Waals surface area contributed by atoms with E-state index >= 15 is 0 Å². The van der Waals surface area contributed by atoms with Crippen LogP contribution in [0.1, 0.15) is 58.3 Å². The summed E-state index contributed by atoms with van der Waals surface area (Å²) in [6.45, 7) is 2.20. The SMILES string of the molecule is CCC1CCC(C(N)CCCC(F)(F)F)CC1. The van der Waals surface area contributed by atoms with Gasteiger partial charge in [-0.1, -0.05) is 26.2 Å². The minimum Gasteiger partial charge on any atom is -0.327 e. The number of halogens is 3. The molecule has 0 saturated heterocycles. The monoisotopic (exact) mass is 251 g/mol. The maximum Gasteiger partial charge on any atom is 0.389 e. The Kier molecular flexibility index (Phi) is 5.77. The van der Waals surface area contributed by atoms with E-state index in [-0.39, 0.29) is 12.5 Å². The highest BCUT2D eigenvalue weighted by Gasteiger charge is 2.28. The van der Waals surface area contributed by atoms with Crippen LogP contribution in [0.3, 0.4) is 0 Å². The molecule has 0 spiro atoms. The third-order valence-corrected chi connectivity index (χ3v) is 4.07. The highest BCUT2D eigenvalue weighted by atomic mass is 19.4. The van der Waals surface area contributed by atoms with Gasteiger partial charge in [0.2, 0.25) is 0 Å². The molecule has 17 heavy (non-hydrogen) atoms. The topological polar surface area (TPSA) is 26.0 Å². The summed E-state index contributed by atoms with van der Waals surface area (Å²) < 4.78 is 36.0. The first-order valence-corrected chi connectivity index (χ1v) is 6.74. The molecule has 1 saturated carbocycles. The van der Waals surface area contributed by atoms with Crippen LogP contribution < -0.4 is 5.73 Å².